The van der Waals surface area contributed by atoms with Crippen LogP contribution in [0.2, 0.25) is 0 Å². The van der Waals surface area contributed by atoms with Gasteiger partial charge in [0.25, 0.3) is 5.91 Å². The first-order valence-corrected chi connectivity index (χ1v) is 11.7. The second-order valence-electron chi connectivity index (χ2n) is 8.37. The molecule has 0 bridgehead atoms. The standard InChI is InChI=1S/C23H27BrFN7O/c1-30(2)10-11-31-15-20(16-5-7-18(25)8-6-16)21(29-31)22(33)32-9-3-4-19(32)14-28-23-26-12-17(24)13-27-23/h5-8,12-13,15,19H,3-4,9-11,14H2,1-2H3,(H,26,27,28)/t19-/m0/s1. The Hall–Kier alpha value is -2.85. The Bertz CT molecular complexity index is 1090. The van der Waals surface area contributed by atoms with E-state index in [2.05, 4.69) is 41.2 Å². The highest BCUT2D eigenvalue weighted by Crippen LogP contribution is 2.27. The highest BCUT2D eigenvalue weighted by Gasteiger charge is 2.32. The number of nitrogens with one attached hydrogen (secondary N) is 1. The van der Waals surface area contributed by atoms with Crippen LogP contribution in [0.1, 0.15) is 23.3 Å². The van der Waals surface area contributed by atoms with Crippen LogP contribution < -0.4 is 5.32 Å². The molecule has 33 heavy (non-hydrogen) atoms. The fraction of sp³-hybridized carbons (Fsp3) is 0.391. The molecule has 10 heteroatoms. The van der Waals surface area contributed by atoms with Gasteiger partial charge in [0.2, 0.25) is 5.95 Å². The molecule has 0 radical (unpaired) electrons. The molecule has 4 rings (SSSR count). The molecular weight excluding hydrogens is 489 g/mol. The van der Waals surface area contributed by atoms with E-state index in [1.807, 2.05) is 25.2 Å². The van der Waals surface area contributed by atoms with E-state index in [4.69, 9.17) is 0 Å². The molecule has 1 saturated heterocycles. The number of likely N-dealkylation sites (tertiary alicyclic amines) is 1. The third kappa shape index (κ3) is 5.75. The van der Waals surface area contributed by atoms with E-state index in [9.17, 15) is 9.18 Å². The number of rotatable bonds is 8. The zero-order valence-corrected chi connectivity index (χ0v) is 20.3. The summed E-state index contributed by atoms with van der Waals surface area (Å²) in [5.74, 6) is 0.101. The van der Waals surface area contributed by atoms with E-state index in [-0.39, 0.29) is 17.8 Å². The van der Waals surface area contributed by atoms with Crippen LogP contribution in [0.4, 0.5) is 10.3 Å². The summed E-state index contributed by atoms with van der Waals surface area (Å²) in [6.07, 6.45) is 7.06. The molecule has 1 atom stereocenters. The minimum Gasteiger partial charge on any atom is -0.352 e. The van der Waals surface area contributed by atoms with Crippen molar-refractivity contribution in [1.82, 2.24) is 29.5 Å². The molecule has 1 fully saturated rings. The molecule has 0 spiro atoms. The summed E-state index contributed by atoms with van der Waals surface area (Å²) in [5.41, 5.74) is 1.88. The van der Waals surface area contributed by atoms with Crippen LogP contribution in [0, 0.1) is 5.82 Å². The van der Waals surface area contributed by atoms with Crippen molar-refractivity contribution in [2.75, 3.05) is 39.0 Å². The molecule has 2 aromatic heterocycles. The van der Waals surface area contributed by atoms with Crippen LogP contribution in [0.5, 0.6) is 0 Å². The third-order valence-electron chi connectivity index (χ3n) is 5.65. The van der Waals surface area contributed by atoms with Crippen molar-refractivity contribution < 1.29 is 9.18 Å². The number of hydrogen-bond acceptors (Lipinski definition) is 6. The number of carbonyl (C=O) groups is 1. The number of likely N-dealkylation sites (N-methyl/N-ethyl adjacent to an activating group) is 1. The van der Waals surface area contributed by atoms with Gasteiger partial charge in [-0.25, -0.2) is 14.4 Å². The van der Waals surface area contributed by atoms with Gasteiger partial charge in [0.05, 0.1) is 11.0 Å². The van der Waals surface area contributed by atoms with Gasteiger partial charge in [-0.05, 0) is 60.6 Å². The molecule has 1 N–H and O–H groups in total. The number of carbonyl (C=O) groups excluding carboxylic acids is 1. The Morgan fingerprint density at radius 3 is 2.67 bits per heavy atom. The lowest BCUT2D eigenvalue weighted by molar-refractivity contribution is 0.0737. The van der Waals surface area contributed by atoms with E-state index in [1.54, 1.807) is 29.2 Å². The highest BCUT2D eigenvalue weighted by molar-refractivity contribution is 9.10. The van der Waals surface area contributed by atoms with Crippen molar-refractivity contribution >= 4 is 27.8 Å². The molecule has 1 amide bonds. The van der Waals surface area contributed by atoms with Gasteiger partial charge >= 0.3 is 0 Å². The molecule has 3 aromatic rings. The Morgan fingerprint density at radius 1 is 1.24 bits per heavy atom. The topological polar surface area (TPSA) is 79.2 Å². The third-order valence-corrected chi connectivity index (χ3v) is 6.06. The van der Waals surface area contributed by atoms with Crippen LogP contribution in [-0.2, 0) is 6.54 Å². The van der Waals surface area contributed by atoms with Gasteiger partial charge < -0.3 is 15.1 Å². The predicted molar refractivity (Wildman–Crippen MR) is 128 cm³/mol. The van der Waals surface area contributed by atoms with Gasteiger partial charge in [0.15, 0.2) is 5.69 Å². The second kappa shape index (κ2) is 10.4. The van der Waals surface area contributed by atoms with E-state index in [0.29, 0.717) is 36.8 Å². The van der Waals surface area contributed by atoms with E-state index < -0.39 is 0 Å². The predicted octanol–water partition coefficient (Wildman–Crippen LogP) is 3.52. The quantitative estimate of drug-likeness (QED) is 0.494. The van der Waals surface area contributed by atoms with Crippen molar-refractivity contribution in [2.45, 2.75) is 25.4 Å². The molecule has 3 heterocycles. The zero-order valence-electron chi connectivity index (χ0n) is 18.7. The fourth-order valence-electron chi connectivity index (χ4n) is 3.90. The molecule has 0 saturated carbocycles. The van der Waals surface area contributed by atoms with Crippen LogP contribution in [-0.4, -0.2) is 75.2 Å². The van der Waals surface area contributed by atoms with Gasteiger partial charge in [-0.1, -0.05) is 12.1 Å². The SMILES string of the molecule is CN(C)CCn1cc(-c2ccc(F)cc2)c(C(=O)N2CCC[C@H]2CNc2ncc(Br)cn2)n1. The van der Waals surface area contributed by atoms with Crippen molar-refractivity contribution in [1.29, 1.82) is 0 Å². The number of nitrogens with zero attached hydrogens (tertiary/aromatic N) is 6. The Balaban J connectivity index is 1.55. The smallest absolute Gasteiger partial charge is 0.275 e. The molecule has 1 aliphatic rings. The van der Waals surface area contributed by atoms with Crippen LogP contribution in [0.15, 0.2) is 47.3 Å². The summed E-state index contributed by atoms with van der Waals surface area (Å²) < 4.78 is 16.1. The van der Waals surface area contributed by atoms with Crippen molar-refractivity contribution in [3.8, 4) is 11.1 Å². The number of amides is 1. The largest absolute Gasteiger partial charge is 0.352 e. The maximum atomic E-state index is 13.6. The molecule has 1 aliphatic heterocycles. The highest BCUT2D eigenvalue weighted by atomic mass is 79.9. The summed E-state index contributed by atoms with van der Waals surface area (Å²) >= 11 is 3.33. The van der Waals surface area contributed by atoms with Gasteiger partial charge in [0.1, 0.15) is 5.82 Å². The van der Waals surface area contributed by atoms with Gasteiger partial charge in [0, 0.05) is 49.8 Å². The lowest BCUT2D eigenvalue weighted by atomic mass is 10.1. The Morgan fingerprint density at radius 2 is 1.97 bits per heavy atom. The number of anilines is 1. The normalized spacial score (nSPS) is 15.9. The summed E-state index contributed by atoms with van der Waals surface area (Å²) in [6, 6.07) is 6.20. The van der Waals surface area contributed by atoms with Crippen molar-refractivity contribution in [3.05, 3.63) is 58.8 Å². The molecule has 174 valence electrons. The van der Waals surface area contributed by atoms with Crippen LogP contribution >= 0.6 is 15.9 Å². The number of hydrogen-bond donors (Lipinski definition) is 1. The monoisotopic (exact) mass is 515 g/mol. The maximum absolute atomic E-state index is 13.6. The van der Waals surface area contributed by atoms with Crippen molar-refractivity contribution in [3.63, 3.8) is 0 Å². The molecule has 0 unspecified atom stereocenters. The number of aromatic nitrogens is 4. The Kier molecular flexibility index (Phi) is 7.34. The molecular formula is C23H27BrFN7O. The minimum absolute atomic E-state index is 0.0118. The Labute approximate surface area is 200 Å². The van der Waals surface area contributed by atoms with Gasteiger partial charge in [-0.15, -0.1) is 0 Å². The molecule has 0 aliphatic carbocycles. The lowest BCUT2D eigenvalue weighted by Crippen LogP contribution is -2.40. The summed E-state index contributed by atoms with van der Waals surface area (Å²) in [6.45, 7) is 2.67. The summed E-state index contributed by atoms with van der Waals surface area (Å²) in [4.78, 5) is 26.0. The fourth-order valence-corrected chi connectivity index (χ4v) is 4.11. The first-order chi connectivity index (χ1) is 15.9. The van der Waals surface area contributed by atoms with Crippen molar-refractivity contribution in [2.24, 2.45) is 0 Å². The molecule has 8 nitrogen and oxygen atoms in total. The minimum atomic E-state index is -0.313. The first-order valence-electron chi connectivity index (χ1n) is 10.9. The average molecular weight is 516 g/mol. The first kappa shape index (κ1) is 23.3. The average Bonchev–Trinajstić information content (AvgIpc) is 3.45. The van der Waals surface area contributed by atoms with Gasteiger partial charge in [-0.2, -0.15) is 5.10 Å². The molecule has 1 aromatic carbocycles. The number of halogens is 2. The van der Waals surface area contributed by atoms with E-state index in [1.165, 1.54) is 12.1 Å². The van der Waals surface area contributed by atoms with Crippen LogP contribution in [0.3, 0.4) is 0 Å². The van der Waals surface area contributed by atoms with E-state index in [0.717, 1.165) is 29.4 Å². The van der Waals surface area contributed by atoms with E-state index >= 15 is 0 Å². The second-order valence-corrected chi connectivity index (χ2v) is 9.28. The zero-order chi connectivity index (χ0) is 23.4. The lowest BCUT2D eigenvalue weighted by Gasteiger charge is -2.24. The number of benzene rings is 1. The van der Waals surface area contributed by atoms with Crippen LogP contribution in [0.25, 0.3) is 11.1 Å². The summed E-state index contributed by atoms with van der Waals surface area (Å²) in [7, 11) is 3.99. The van der Waals surface area contributed by atoms with Gasteiger partial charge in [-0.3, -0.25) is 9.48 Å². The maximum Gasteiger partial charge on any atom is 0.275 e. The summed E-state index contributed by atoms with van der Waals surface area (Å²) in [5, 5.41) is 7.87.